The highest BCUT2D eigenvalue weighted by Crippen LogP contribution is 2.44. The highest BCUT2D eigenvalue weighted by atomic mass is 35.5. The minimum atomic E-state index is -3.84. The molecule has 0 bridgehead atoms. The first-order valence-corrected chi connectivity index (χ1v) is 9.26. The number of anilines is 2. The molecule has 1 heterocycles. The third-order valence-electron chi connectivity index (χ3n) is 4.03. The van der Waals surface area contributed by atoms with E-state index in [0.717, 1.165) is 11.1 Å². The van der Waals surface area contributed by atoms with Gasteiger partial charge in [-0.15, -0.1) is 0 Å². The fourth-order valence-corrected chi connectivity index (χ4v) is 4.14. The van der Waals surface area contributed by atoms with E-state index in [1.54, 1.807) is 35.2 Å². The van der Waals surface area contributed by atoms with Crippen molar-refractivity contribution < 1.29 is 13.2 Å². The van der Waals surface area contributed by atoms with Gasteiger partial charge in [0.05, 0.1) is 23.4 Å². The third kappa shape index (κ3) is 2.76. The smallest absolute Gasteiger partial charge is 0.220 e. The van der Waals surface area contributed by atoms with E-state index in [-0.39, 0.29) is 9.80 Å². The predicted octanol–water partition coefficient (Wildman–Crippen LogP) is 4.26. The van der Waals surface area contributed by atoms with E-state index in [1.807, 2.05) is 13.8 Å². The number of allylic oxidation sites excluding steroid dienone is 1. The van der Waals surface area contributed by atoms with Gasteiger partial charge >= 0.3 is 0 Å². The predicted molar refractivity (Wildman–Crippen MR) is 96.9 cm³/mol. The number of nitriles is 1. The maximum atomic E-state index is 12.6. The van der Waals surface area contributed by atoms with Gasteiger partial charge in [-0.25, -0.2) is 8.42 Å². The topological polar surface area (TPSA) is 70.4 Å². The Balaban J connectivity index is 2.36. The first-order chi connectivity index (χ1) is 11.8. The maximum Gasteiger partial charge on any atom is 0.220 e. The normalized spacial score (nSPS) is 15.2. The van der Waals surface area contributed by atoms with Crippen molar-refractivity contribution in [2.24, 2.45) is 0 Å². The van der Waals surface area contributed by atoms with Crippen LogP contribution in [-0.2, 0) is 9.84 Å². The molecule has 1 aliphatic heterocycles. The van der Waals surface area contributed by atoms with E-state index in [9.17, 15) is 13.7 Å². The van der Waals surface area contributed by atoms with Crippen LogP contribution in [0.1, 0.15) is 11.1 Å². The van der Waals surface area contributed by atoms with Crippen LogP contribution in [0.4, 0.5) is 11.4 Å². The summed E-state index contributed by atoms with van der Waals surface area (Å²) in [4.78, 5) is 1.43. The molecule has 0 aromatic heterocycles. The van der Waals surface area contributed by atoms with Gasteiger partial charge in [-0.05, 0) is 43.2 Å². The highest BCUT2D eigenvalue weighted by molar-refractivity contribution is 7.95. The van der Waals surface area contributed by atoms with Crippen LogP contribution in [0.2, 0.25) is 5.02 Å². The number of rotatable bonds is 2. The van der Waals surface area contributed by atoms with E-state index >= 15 is 0 Å². The molecule has 7 heteroatoms. The van der Waals surface area contributed by atoms with Crippen molar-refractivity contribution in [3.05, 3.63) is 57.6 Å². The van der Waals surface area contributed by atoms with Gasteiger partial charge in [-0.2, -0.15) is 5.26 Å². The monoisotopic (exact) mass is 374 g/mol. The number of hydrogen-bond acceptors (Lipinski definition) is 5. The molecule has 0 saturated heterocycles. The van der Waals surface area contributed by atoms with E-state index < -0.39 is 9.84 Å². The first kappa shape index (κ1) is 17.3. The summed E-state index contributed by atoms with van der Waals surface area (Å²) in [5.41, 5.74) is 2.79. The van der Waals surface area contributed by atoms with Crippen molar-refractivity contribution >= 4 is 32.8 Å². The van der Waals surface area contributed by atoms with E-state index in [4.69, 9.17) is 16.3 Å². The average Bonchev–Trinajstić information content (AvgIpc) is 2.57. The van der Waals surface area contributed by atoms with Crippen LogP contribution in [0.5, 0.6) is 5.75 Å². The standard InChI is InChI=1S/C18H15ClN2O3S/c1-11-4-5-18-16(6-11)21(10-13(9-20)25(18,22)23)15-7-12(2)14(19)8-17(15)24-3/h4-8,10H,1-3H3. The lowest BCUT2D eigenvalue weighted by Gasteiger charge is -2.29. The van der Waals surface area contributed by atoms with E-state index in [1.165, 1.54) is 19.4 Å². The van der Waals surface area contributed by atoms with Gasteiger partial charge in [0, 0.05) is 17.3 Å². The van der Waals surface area contributed by atoms with Crippen LogP contribution in [0.3, 0.4) is 0 Å². The summed E-state index contributed by atoms with van der Waals surface area (Å²) in [6.07, 6.45) is 1.32. The Morgan fingerprint density at radius 3 is 2.52 bits per heavy atom. The number of fused-ring (bicyclic) bond motifs is 1. The zero-order valence-corrected chi connectivity index (χ0v) is 15.4. The Hall–Kier alpha value is -2.49. The molecular formula is C18H15ClN2O3S. The Bertz CT molecular complexity index is 1050. The van der Waals surface area contributed by atoms with Crippen molar-refractivity contribution in [2.75, 3.05) is 12.0 Å². The number of sulfone groups is 1. The fourth-order valence-electron chi connectivity index (χ4n) is 2.71. The van der Waals surface area contributed by atoms with Gasteiger partial charge < -0.3 is 9.64 Å². The third-order valence-corrected chi connectivity index (χ3v) is 6.14. The Morgan fingerprint density at radius 2 is 1.88 bits per heavy atom. The summed E-state index contributed by atoms with van der Waals surface area (Å²) in [5.74, 6) is 0.482. The lowest BCUT2D eigenvalue weighted by Crippen LogP contribution is -2.22. The highest BCUT2D eigenvalue weighted by Gasteiger charge is 2.33. The van der Waals surface area contributed by atoms with Crippen LogP contribution in [-0.4, -0.2) is 15.5 Å². The molecule has 0 N–H and O–H groups in total. The van der Waals surface area contributed by atoms with Gasteiger partial charge in [0.25, 0.3) is 0 Å². The second kappa shape index (κ2) is 6.10. The zero-order chi connectivity index (χ0) is 18.4. The molecule has 0 unspecified atom stereocenters. The average molecular weight is 375 g/mol. The number of ether oxygens (including phenoxy) is 1. The molecule has 128 valence electrons. The van der Waals surface area contributed by atoms with Crippen LogP contribution in [0.25, 0.3) is 0 Å². The molecule has 3 rings (SSSR count). The van der Waals surface area contributed by atoms with Crippen LogP contribution in [0.15, 0.2) is 46.3 Å². The van der Waals surface area contributed by atoms with Crippen molar-refractivity contribution in [1.29, 1.82) is 5.26 Å². The van der Waals surface area contributed by atoms with Gasteiger partial charge in [-0.3, -0.25) is 0 Å². The Labute approximate surface area is 151 Å². The molecule has 0 spiro atoms. The summed E-state index contributed by atoms with van der Waals surface area (Å²) >= 11 is 6.17. The summed E-state index contributed by atoms with van der Waals surface area (Å²) in [6, 6.07) is 10.2. The maximum absolute atomic E-state index is 12.6. The Kier molecular flexibility index (Phi) is 4.23. The van der Waals surface area contributed by atoms with Gasteiger partial charge in [-0.1, -0.05) is 17.7 Å². The minimum Gasteiger partial charge on any atom is -0.495 e. The zero-order valence-electron chi connectivity index (χ0n) is 13.9. The second-order valence-electron chi connectivity index (χ2n) is 5.72. The van der Waals surface area contributed by atoms with Gasteiger partial charge in [0.2, 0.25) is 9.84 Å². The molecule has 0 atom stereocenters. The molecule has 25 heavy (non-hydrogen) atoms. The second-order valence-corrected chi connectivity index (χ2v) is 8.02. The molecule has 2 aromatic carbocycles. The van der Waals surface area contributed by atoms with Gasteiger partial charge in [0.15, 0.2) is 4.91 Å². The first-order valence-electron chi connectivity index (χ1n) is 7.40. The lowest BCUT2D eigenvalue weighted by atomic mass is 10.1. The number of hydrogen-bond donors (Lipinski definition) is 0. The van der Waals surface area contributed by atoms with Crippen molar-refractivity contribution in [3.63, 3.8) is 0 Å². The van der Waals surface area contributed by atoms with E-state index in [0.29, 0.717) is 22.1 Å². The molecule has 0 aliphatic carbocycles. The molecule has 1 aliphatic rings. The summed E-state index contributed by atoms with van der Waals surface area (Å²) in [7, 11) is -2.33. The van der Waals surface area contributed by atoms with Crippen LogP contribution >= 0.6 is 11.6 Å². The summed E-state index contributed by atoms with van der Waals surface area (Å²) in [5, 5.41) is 9.86. The largest absolute Gasteiger partial charge is 0.495 e. The number of benzene rings is 2. The van der Waals surface area contributed by atoms with Crippen LogP contribution in [0, 0.1) is 25.2 Å². The fraction of sp³-hybridized carbons (Fsp3) is 0.167. The number of nitrogens with zero attached hydrogens (tertiary/aromatic N) is 2. The molecular weight excluding hydrogens is 360 g/mol. The molecule has 0 saturated carbocycles. The SMILES string of the molecule is COc1cc(Cl)c(C)cc1N1C=C(C#N)S(=O)(=O)c2ccc(C)cc21. The lowest BCUT2D eigenvalue weighted by molar-refractivity contribution is 0.416. The number of methoxy groups -OCH3 is 1. The number of halogens is 1. The quantitative estimate of drug-likeness (QED) is 0.785. The molecule has 0 fully saturated rings. The Morgan fingerprint density at radius 1 is 1.16 bits per heavy atom. The number of aryl methyl sites for hydroxylation is 2. The van der Waals surface area contributed by atoms with E-state index in [2.05, 4.69) is 0 Å². The van der Waals surface area contributed by atoms with Crippen LogP contribution < -0.4 is 9.64 Å². The molecule has 2 aromatic rings. The van der Waals surface area contributed by atoms with Crippen molar-refractivity contribution in [3.8, 4) is 11.8 Å². The molecule has 0 radical (unpaired) electrons. The van der Waals surface area contributed by atoms with Crippen molar-refractivity contribution in [1.82, 2.24) is 0 Å². The molecule has 5 nitrogen and oxygen atoms in total. The van der Waals surface area contributed by atoms with Gasteiger partial charge in [0.1, 0.15) is 11.8 Å². The minimum absolute atomic E-state index is 0.0896. The summed E-state index contributed by atoms with van der Waals surface area (Å²) in [6.45, 7) is 3.72. The van der Waals surface area contributed by atoms with Crippen molar-refractivity contribution in [2.45, 2.75) is 18.7 Å². The summed E-state index contributed by atoms with van der Waals surface area (Å²) < 4.78 is 30.7. The molecule has 0 amide bonds.